The Morgan fingerprint density at radius 3 is 2.30 bits per heavy atom. The van der Waals surface area contributed by atoms with Crippen molar-refractivity contribution >= 4 is 11.9 Å². The molecule has 1 atom stereocenters. The molecule has 0 aliphatic heterocycles. The molecule has 2 aromatic rings. The predicted molar refractivity (Wildman–Crippen MR) is 85.0 cm³/mol. The van der Waals surface area contributed by atoms with Crippen LogP contribution in [0.25, 0.3) is 0 Å². The lowest BCUT2D eigenvalue weighted by Gasteiger charge is -2.18. The van der Waals surface area contributed by atoms with Crippen LogP contribution >= 0.6 is 0 Å². The topological polar surface area (TPSA) is 84.2 Å². The van der Waals surface area contributed by atoms with Gasteiger partial charge >= 0.3 is 6.03 Å². The molecule has 4 N–H and O–H groups in total. The quantitative estimate of drug-likeness (QED) is 0.761. The van der Waals surface area contributed by atoms with Gasteiger partial charge in [-0.25, -0.2) is 9.18 Å². The number of nitrogens with one attached hydrogen (secondary N) is 2. The highest BCUT2D eigenvalue weighted by Gasteiger charge is 2.20. The van der Waals surface area contributed by atoms with E-state index >= 15 is 0 Å². The number of urea groups is 1. The number of hydrogen-bond donors (Lipinski definition) is 3. The molecule has 0 aromatic heterocycles. The molecular weight excluding hydrogens is 297 g/mol. The van der Waals surface area contributed by atoms with Gasteiger partial charge in [0.05, 0.1) is 0 Å². The molecule has 5 nitrogen and oxygen atoms in total. The van der Waals surface area contributed by atoms with Gasteiger partial charge in [0.25, 0.3) is 0 Å². The Morgan fingerprint density at radius 1 is 1.04 bits per heavy atom. The minimum absolute atomic E-state index is 0.287. The lowest BCUT2D eigenvalue weighted by molar-refractivity contribution is -0.122. The number of amides is 3. The van der Waals surface area contributed by atoms with Crippen molar-refractivity contribution < 1.29 is 14.0 Å². The summed E-state index contributed by atoms with van der Waals surface area (Å²) < 4.78 is 12.9. The minimum atomic E-state index is -0.892. The molecule has 0 bridgehead atoms. The normalized spacial score (nSPS) is 11.7. The van der Waals surface area contributed by atoms with Crippen molar-refractivity contribution in [3.63, 3.8) is 0 Å². The van der Waals surface area contributed by atoms with E-state index in [1.54, 1.807) is 24.3 Å². The standard InChI is InChI=1S/C17H18FN3O2/c18-14-8-6-12(7-9-14)10-11-20-15(16(22)21-17(19)23)13-4-2-1-3-5-13/h1-9,15,20H,10-11H2,(H3,19,21,22,23)/t15-/m0/s1. The number of benzene rings is 2. The Bertz CT molecular complexity index is 659. The Balaban J connectivity index is 2.01. The van der Waals surface area contributed by atoms with E-state index in [9.17, 15) is 14.0 Å². The second-order valence-corrected chi connectivity index (χ2v) is 5.03. The fourth-order valence-corrected chi connectivity index (χ4v) is 2.21. The van der Waals surface area contributed by atoms with Crippen LogP contribution in [-0.2, 0) is 11.2 Å². The number of primary amides is 1. The van der Waals surface area contributed by atoms with E-state index < -0.39 is 18.0 Å². The first-order chi connectivity index (χ1) is 11.1. The van der Waals surface area contributed by atoms with Gasteiger partial charge in [-0.1, -0.05) is 42.5 Å². The highest BCUT2D eigenvalue weighted by molar-refractivity contribution is 5.96. The Labute approximate surface area is 133 Å². The summed E-state index contributed by atoms with van der Waals surface area (Å²) in [5.41, 5.74) is 6.68. The molecule has 0 fully saturated rings. The van der Waals surface area contributed by atoms with Gasteiger partial charge in [0, 0.05) is 6.54 Å². The van der Waals surface area contributed by atoms with Gasteiger partial charge in [0.15, 0.2) is 0 Å². The number of hydrogen-bond acceptors (Lipinski definition) is 3. The average Bonchev–Trinajstić information content (AvgIpc) is 2.53. The molecule has 0 spiro atoms. The third-order valence-corrected chi connectivity index (χ3v) is 3.32. The zero-order chi connectivity index (χ0) is 16.7. The highest BCUT2D eigenvalue weighted by atomic mass is 19.1. The maximum Gasteiger partial charge on any atom is 0.318 e. The molecule has 0 aliphatic rings. The van der Waals surface area contributed by atoms with Crippen molar-refractivity contribution in [2.24, 2.45) is 5.73 Å². The second kappa shape index (κ2) is 8.05. The number of nitrogens with two attached hydrogens (primary N) is 1. The average molecular weight is 315 g/mol. The van der Waals surface area contributed by atoms with Crippen LogP contribution in [0.1, 0.15) is 17.2 Å². The van der Waals surface area contributed by atoms with Gasteiger partial charge in [-0.15, -0.1) is 0 Å². The van der Waals surface area contributed by atoms with Crippen molar-refractivity contribution in [3.05, 3.63) is 71.5 Å². The van der Waals surface area contributed by atoms with Crippen molar-refractivity contribution in [2.45, 2.75) is 12.5 Å². The minimum Gasteiger partial charge on any atom is -0.351 e. The third-order valence-electron chi connectivity index (χ3n) is 3.32. The largest absolute Gasteiger partial charge is 0.351 e. The zero-order valence-corrected chi connectivity index (χ0v) is 12.5. The Hall–Kier alpha value is -2.73. The predicted octanol–water partition coefficient (Wildman–Crippen LogP) is 1.89. The summed E-state index contributed by atoms with van der Waals surface area (Å²) in [5.74, 6) is -0.799. The maximum absolute atomic E-state index is 12.9. The lowest BCUT2D eigenvalue weighted by Crippen LogP contribution is -2.43. The van der Waals surface area contributed by atoms with Gasteiger partial charge in [0.1, 0.15) is 11.9 Å². The van der Waals surface area contributed by atoms with Crippen molar-refractivity contribution in [1.29, 1.82) is 0 Å². The molecule has 120 valence electrons. The fourth-order valence-electron chi connectivity index (χ4n) is 2.21. The van der Waals surface area contributed by atoms with Gasteiger partial charge in [-0.2, -0.15) is 0 Å². The van der Waals surface area contributed by atoms with Crippen LogP contribution < -0.4 is 16.4 Å². The number of carbonyl (C=O) groups is 2. The van der Waals surface area contributed by atoms with Crippen molar-refractivity contribution in [2.75, 3.05) is 6.54 Å². The van der Waals surface area contributed by atoms with Gasteiger partial charge in [-0.05, 0) is 29.7 Å². The molecular formula is C17H18FN3O2. The van der Waals surface area contributed by atoms with Gasteiger partial charge < -0.3 is 11.1 Å². The smallest absolute Gasteiger partial charge is 0.318 e. The van der Waals surface area contributed by atoms with E-state index in [4.69, 9.17) is 5.73 Å². The molecule has 0 saturated carbocycles. The molecule has 6 heteroatoms. The van der Waals surface area contributed by atoms with E-state index in [1.165, 1.54) is 12.1 Å². The molecule has 23 heavy (non-hydrogen) atoms. The second-order valence-electron chi connectivity index (χ2n) is 5.03. The van der Waals surface area contributed by atoms with Crippen LogP contribution in [-0.4, -0.2) is 18.5 Å². The summed E-state index contributed by atoms with van der Waals surface area (Å²) in [5, 5.41) is 5.18. The summed E-state index contributed by atoms with van der Waals surface area (Å²) in [6, 6.07) is 13.6. The number of imide groups is 1. The van der Waals surface area contributed by atoms with E-state index in [0.29, 0.717) is 13.0 Å². The summed E-state index contributed by atoms with van der Waals surface area (Å²) in [6.07, 6.45) is 0.619. The monoisotopic (exact) mass is 315 g/mol. The third kappa shape index (κ3) is 5.19. The van der Waals surface area contributed by atoms with Gasteiger partial charge in [0.2, 0.25) is 5.91 Å². The summed E-state index contributed by atoms with van der Waals surface area (Å²) in [6.45, 7) is 0.484. The van der Waals surface area contributed by atoms with Crippen molar-refractivity contribution in [1.82, 2.24) is 10.6 Å². The van der Waals surface area contributed by atoms with E-state index in [2.05, 4.69) is 10.6 Å². The first-order valence-corrected chi connectivity index (χ1v) is 7.19. The number of halogens is 1. The van der Waals surface area contributed by atoms with Gasteiger partial charge in [-0.3, -0.25) is 10.1 Å². The molecule has 0 heterocycles. The van der Waals surface area contributed by atoms with Crippen molar-refractivity contribution in [3.8, 4) is 0 Å². The summed E-state index contributed by atoms with van der Waals surface area (Å²) in [4.78, 5) is 23.0. The lowest BCUT2D eigenvalue weighted by atomic mass is 10.1. The number of rotatable bonds is 6. The van der Waals surface area contributed by atoms with Crippen LogP contribution in [0.4, 0.5) is 9.18 Å². The summed E-state index contributed by atoms with van der Waals surface area (Å²) in [7, 11) is 0. The van der Waals surface area contributed by atoms with Crippen LogP contribution in [0.15, 0.2) is 54.6 Å². The van der Waals surface area contributed by atoms with Crippen LogP contribution in [0.2, 0.25) is 0 Å². The SMILES string of the molecule is NC(=O)NC(=O)[C@@H](NCCc1ccc(F)cc1)c1ccccc1. The first kappa shape index (κ1) is 16.6. The highest BCUT2D eigenvalue weighted by Crippen LogP contribution is 2.13. The van der Waals surface area contributed by atoms with E-state index in [1.807, 2.05) is 18.2 Å². The Kier molecular flexibility index (Phi) is 5.82. The first-order valence-electron chi connectivity index (χ1n) is 7.19. The van der Waals surface area contributed by atoms with E-state index in [0.717, 1.165) is 11.1 Å². The molecule has 0 aliphatic carbocycles. The maximum atomic E-state index is 12.9. The van der Waals surface area contributed by atoms with E-state index in [-0.39, 0.29) is 5.82 Å². The van der Waals surface area contributed by atoms with Crippen LogP contribution in [0.3, 0.4) is 0 Å². The molecule has 2 rings (SSSR count). The fraction of sp³-hybridized carbons (Fsp3) is 0.176. The van der Waals surface area contributed by atoms with Crippen LogP contribution in [0.5, 0.6) is 0 Å². The molecule has 0 unspecified atom stereocenters. The zero-order valence-electron chi connectivity index (χ0n) is 12.5. The molecule has 0 radical (unpaired) electrons. The van der Waals surface area contributed by atoms with Crippen LogP contribution in [0, 0.1) is 5.82 Å². The Morgan fingerprint density at radius 2 is 1.70 bits per heavy atom. The molecule has 3 amide bonds. The molecule has 0 saturated heterocycles. The summed E-state index contributed by atoms with van der Waals surface area (Å²) >= 11 is 0. The number of carbonyl (C=O) groups excluding carboxylic acids is 2. The molecule has 2 aromatic carbocycles.